The monoisotopic (exact) mass is 283 g/mol. The van der Waals surface area contributed by atoms with Gasteiger partial charge in [0.15, 0.2) is 0 Å². The van der Waals surface area contributed by atoms with Gasteiger partial charge in [-0.25, -0.2) is 4.79 Å². The molecular formula is C16H13NO4. The second-order valence-electron chi connectivity index (χ2n) is 4.88. The van der Waals surface area contributed by atoms with E-state index in [-0.39, 0.29) is 11.7 Å². The SMILES string of the molecule is CC(=O)N(C)c1ccc2c(c1)oc(=O)c1cc(O)ccc12. The third-order valence-electron chi connectivity index (χ3n) is 3.54. The van der Waals surface area contributed by atoms with E-state index in [1.807, 2.05) is 0 Å². The number of anilines is 1. The Bertz CT molecular complexity index is 927. The molecule has 106 valence electrons. The Morgan fingerprint density at radius 2 is 1.81 bits per heavy atom. The first-order valence-electron chi connectivity index (χ1n) is 6.41. The van der Waals surface area contributed by atoms with Gasteiger partial charge in [0.2, 0.25) is 5.91 Å². The molecule has 0 unspecified atom stereocenters. The summed E-state index contributed by atoms with van der Waals surface area (Å²) in [5.74, 6) is -0.0931. The van der Waals surface area contributed by atoms with Crippen molar-refractivity contribution in [1.82, 2.24) is 0 Å². The molecule has 1 amide bonds. The predicted octanol–water partition coefficient (Wildman–Crippen LogP) is 2.63. The van der Waals surface area contributed by atoms with Crippen LogP contribution in [0, 0.1) is 0 Å². The zero-order chi connectivity index (χ0) is 15.1. The van der Waals surface area contributed by atoms with Crippen LogP contribution in [0.25, 0.3) is 21.7 Å². The fraction of sp³-hybridized carbons (Fsp3) is 0.125. The Labute approximate surface area is 120 Å². The third kappa shape index (κ3) is 2.12. The molecule has 1 heterocycles. The molecule has 1 N–H and O–H groups in total. The highest BCUT2D eigenvalue weighted by atomic mass is 16.4. The average Bonchev–Trinajstić information content (AvgIpc) is 2.46. The van der Waals surface area contributed by atoms with E-state index in [0.717, 1.165) is 5.39 Å². The molecule has 0 saturated heterocycles. The van der Waals surface area contributed by atoms with Crippen molar-refractivity contribution in [3.05, 3.63) is 46.8 Å². The second kappa shape index (κ2) is 4.63. The van der Waals surface area contributed by atoms with Crippen molar-refractivity contribution in [3.8, 4) is 5.75 Å². The lowest BCUT2D eigenvalue weighted by molar-refractivity contribution is -0.116. The molecule has 3 rings (SSSR count). The summed E-state index contributed by atoms with van der Waals surface area (Å²) in [6.45, 7) is 1.46. The van der Waals surface area contributed by atoms with E-state index in [1.54, 1.807) is 31.3 Å². The third-order valence-corrected chi connectivity index (χ3v) is 3.54. The van der Waals surface area contributed by atoms with Crippen LogP contribution in [0.15, 0.2) is 45.6 Å². The van der Waals surface area contributed by atoms with Gasteiger partial charge in [-0.05, 0) is 30.3 Å². The van der Waals surface area contributed by atoms with Crippen LogP contribution in [-0.4, -0.2) is 18.1 Å². The number of rotatable bonds is 1. The number of aromatic hydroxyl groups is 1. The maximum absolute atomic E-state index is 12.0. The van der Waals surface area contributed by atoms with E-state index >= 15 is 0 Å². The Morgan fingerprint density at radius 1 is 1.10 bits per heavy atom. The lowest BCUT2D eigenvalue weighted by atomic mass is 10.1. The first-order valence-corrected chi connectivity index (χ1v) is 6.41. The zero-order valence-corrected chi connectivity index (χ0v) is 11.6. The number of benzene rings is 2. The van der Waals surface area contributed by atoms with Crippen LogP contribution in [0.4, 0.5) is 5.69 Å². The van der Waals surface area contributed by atoms with Gasteiger partial charge in [0.05, 0.1) is 5.39 Å². The minimum Gasteiger partial charge on any atom is -0.508 e. The molecule has 1 aromatic heterocycles. The van der Waals surface area contributed by atoms with Gasteiger partial charge in [0, 0.05) is 36.5 Å². The van der Waals surface area contributed by atoms with Gasteiger partial charge in [0.25, 0.3) is 0 Å². The summed E-state index contributed by atoms with van der Waals surface area (Å²) >= 11 is 0. The smallest absolute Gasteiger partial charge is 0.344 e. The highest BCUT2D eigenvalue weighted by Gasteiger charge is 2.11. The van der Waals surface area contributed by atoms with Crippen molar-refractivity contribution >= 4 is 33.3 Å². The largest absolute Gasteiger partial charge is 0.508 e. The molecule has 2 aromatic carbocycles. The summed E-state index contributed by atoms with van der Waals surface area (Å²) in [5, 5.41) is 11.3. The molecule has 0 radical (unpaired) electrons. The molecule has 0 aliphatic rings. The van der Waals surface area contributed by atoms with Crippen LogP contribution in [-0.2, 0) is 4.79 Å². The van der Waals surface area contributed by atoms with Crippen LogP contribution >= 0.6 is 0 Å². The normalized spacial score (nSPS) is 11.0. The lowest BCUT2D eigenvalue weighted by Gasteiger charge is -2.15. The van der Waals surface area contributed by atoms with Crippen molar-refractivity contribution in [2.75, 3.05) is 11.9 Å². The van der Waals surface area contributed by atoms with Crippen molar-refractivity contribution in [1.29, 1.82) is 0 Å². The predicted molar refractivity (Wildman–Crippen MR) is 80.7 cm³/mol. The van der Waals surface area contributed by atoms with E-state index in [0.29, 0.717) is 22.0 Å². The minimum atomic E-state index is -0.518. The Hall–Kier alpha value is -2.82. The number of carbonyl (C=O) groups excluding carboxylic acids is 1. The number of fused-ring (bicyclic) bond motifs is 3. The average molecular weight is 283 g/mol. The minimum absolute atomic E-state index is 0.0158. The van der Waals surface area contributed by atoms with Crippen LogP contribution in [0.2, 0.25) is 0 Å². The first-order chi connectivity index (χ1) is 9.97. The summed E-state index contributed by atoms with van der Waals surface area (Å²) in [7, 11) is 1.65. The molecule has 0 aliphatic carbocycles. The number of phenolic OH excluding ortho intramolecular Hbond substituents is 1. The zero-order valence-electron chi connectivity index (χ0n) is 11.6. The van der Waals surface area contributed by atoms with E-state index in [4.69, 9.17) is 4.42 Å². The van der Waals surface area contributed by atoms with Crippen LogP contribution in [0.3, 0.4) is 0 Å². The molecule has 0 aliphatic heterocycles. The maximum atomic E-state index is 12.0. The van der Waals surface area contributed by atoms with Gasteiger partial charge >= 0.3 is 5.63 Å². The molecule has 5 heteroatoms. The standard InChI is InChI=1S/C16H13NO4/c1-9(18)17(2)10-3-5-13-12-6-4-11(19)8-14(12)16(20)21-15(13)7-10/h3-8,19H,1-2H3. The maximum Gasteiger partial charge on any atom is 0.344 e. The number of hydrogen-bond donors (Lipinski definition) is 1. The van der Waals surface area contributed by atoms with Crippen LogP contribution in [0.1, 0.15) is 6.92 Å². The van der Waals surface area contributed by atoms with Crippen LogP contribution in [0.5, 0.6) is 5.75 Å². The molecule has 3 aromatic rings. The van der Waals surface area contributed by atoms with Crippen molar-refractivity contribution in [3.63, 3.8) is 0 Å². The van der Waals surface area contributed by atoms with Crippen molar-refractivity contribution in [2.45, 2.75) is 6.92 Å². The van der Waals surface area contributed by atoms with Gasteiger partial charge in [-0.3, -0.25) is 4.79 Å². The van der Waals surface area contributed by atoms with E-state index < -0.39 is 5.63 Å². The van der Waals surface area contributed by atoms with Gasteiger partial charge in [0.1, 0.15) is 11.3 Å². The number of carbonyl (C=O) groups is 1. The molecule has 21 heavy (non-hydrogen) atoms. The molecule has 0 bridgehead atoms. The molecule has 0 fully saturated rings. The fourth-order valence-corrected chi connectivity index (χ4v) is 2.30. The summed E-state index contributed by atoms with van der Waals surface area (Å²) < 4.78 is 5.30. The topological polar surface area (TPSA) is 70.8 Å². The number of amides is 1. The van der Waals surface area contributed by atoms with Crippen molar-refractivity contribution in [2.24, 2.45) is 0 Å². The fourth-order valence-electron chi connectivity index (χ4n) is 2.30. The Morgan fingerprint density at radius 3 is 2.52 bits per heavy atom. The first kappa shape index (κ1) is 13.2. The second-order valence-corrected chi connectivity index (χ2v) is 4.88. The highest BCUT2D eigenvalue weighted by molar-refractivity contribution is 6.06. The molecule has 0 atom stereocenters. The summed E-state index contributed by atoms with van der Waals surface area (Å²) in [5.41, 5.74) is 0.538. The van der Waals surface area contributed by atoms with Crippen LogP contribution < -0.4 is 10.5 Å². The summed E-state index contributed by atoms with van der Waals surface area (Å²) in [4.78, 5) is 24.9. The lowest BCUT2D eigenvalue weighted by Crippen LogP contribution is -2.22. The summed E-state index contributed by atoms with van der Waals surface area (Å²) in [6.07, 6.45) is 0. The summed E-state index contributed by atoms with van der Waals surface area (Å²) in [6, 6.07) is 9.83. The molecular weight excluding hydrogens is 270 g/mol. The van der Waals surface area contributed by atoms with Gasteiger partial charge in [-0.2, -0.15) is 0 Å². The van der Waals surface area contributed by atoms with Gasteiger partial charge in [-0.1, -0.05) is 0 Å². The quantitative estimate of drug-likeness (QED) is 0.550. The van der Waals surface area contributed by atoms with E-state index in [1.165, 1.54) is 24.0 Å². The number of phenols is 1. The Balaban J connectivity index is 2.34. The van der Waals surface area contributed by atoms with Crippen molar-refractivity contribution < 1.29 is 14.3 Å². The Kier molecular flexibility index (Phi) is 2.90. The van der Waals surface area contributed by atoms with Gasteiger partial charge < -0.3 is 14.4 Å². The van der Waals surface area contributed by atoms with Gasteiger partial charge in [-0.15, -0.1) is 0 Å². The highest BCUT2D eigenvalue weighted by Crippen LogP contribution is 2.28. The molecule has 0 saturated carbocycles. The number of hydrogen-bond acceptors (Lipinski definition) is 4. The molecule has 5 nitrogen and oxygen atoms in total. The van der Waals surface area contributed by atoms with E-state index in [9.17, 15) is 14.7 Å². The number of nitrogens with zero attached hydrogens (tertiary/aromatic N) is 1. The molecule has 0 spiro atoms. The van der Waals surface area contributed by atoms with E-state index in [2.05, 4.69) is 0 Å².